The van der Waals surface area contributed by atoms with E-state index in [1.807, 2.05) is 0 Å². The van der Waals surface area contributed by atoms with E-state index in [4.69, 9.17) is 25.6 Å². The SMILES string of the molecule is Nc1nc(NC2(COO)CC2)c2ncn(C3CO[C@@H](CO)O3)c2n1. The Kier molecular flexibility index (Phi) is 3.73. The number of nitrogens with two attached hydrogens (primary N) is 1. The molecule has 2 aromatic heterocycles. The molecule has 2 atom stereocenters. The number of imidazole rings is 1. The molecule has 1 saturated heterocycles. The lowest BCUT2D eigenvalue weighted by molar-refractivity contribution is -0.245. The zero-order valence-corrected chi connectivity index (χ0v) is 12.8. The van der Waals surface area contributed by atoms with Crippen molar-refractivity contribution in [3.63, 3.8) is 0 Å². The topological polar surface area (TPSA) is 150 Å². The summed E-state index contributed by atoms with van der Waals surface area (Å²) in [6, 6.07) is 0. The first-order valence-electron chi connectivity index (χ1n) is 7.57. The number of fused-ring (bicyclic) bond motifs is 1. The number of hydrogen-bond acceptors (Lipinski definition) is 10. The Balaban J connectivity index is 1.67. The molecule has 1 aliphatic heterocycles. The van der Waals surface area contributed by atoms with E-state index in [0.717, 1.165) is 12.8 Å². The molecule has 0 amide bonds. The first-order chi connectivity index (χ1) is 11.6. The molecule has 0 aromatic carbocycles. The van der Waals surface area contributed by atoms with Crippen molar-refractivity contribution < 1.29 is 24.7 Å². The maximum absolute atomic E-state index is 9.11. The number of nitrogen functional groups attached to an aromatic ring is 1. The minimum absolute atomic E-state index is 0.0880. The van der Waals surface area contributed by atoms with Crippen LogP contribution in [0.5, 0.6) is 0 Å². The van der Waals surface area contributed by atoms with Crippen LogP contribution in [-0.2, 0) is 14.4 Å². The first kappa shape index (κ1) is 15.5. The predicted molar refractivity (Wildman–Crippen MR) is 80.9 cm³/mol. The summed E-state index contributed by atoms with van der Waals surface area (Å²) in [5, 5.41) is 21.1. The smallest absolute Gasteiger partial charge is 0.224 e. The highest BCUT2D eigenvalue weighted by atomic mass is 17.1. The van der Waals surface area contributed by atoms with E-state index in [1.165, 1.54) is 0 Å². The number of hydrogen-bond donors (Lipinski definition) is 4. The Labute approximate surface area is 136 Å². The summed E-state index contributed by atoms with van der Waals surface area (Å²) in [4.78, 5) is 17.1. The Morgan fingerprint density at radius 2 is 2.29 bits per heavy atom. The van der Waals surface area contributed by atoms with Crippen LogP contribution < -0.4 is 11.1 Å². The van der Waals surface area contributed by atoms with Crippen LogP contribution in [0, 0.1) is 0 Å². The van der Waals surface area contributed by atoms with Crippen molar-refractivity contribution in [1.29, 1.82) is 0 Å². The van der Waals surface area contributed by atoms with Gasteiger partial charge in [0.1, 0.15) is 6.61 Å². The lowest BCUT2D eigenvalue weighted by Crippen LogP contribution is -2.28. The van der Waals surface area contributed by atoms with Crippen molar-refractivity contribution in [3.05, 3.63) is 6.33 Å². The second-order valence-corrected chi connectivity index (χ2v) is 5.97. The van der Waals surface area contributed by atoms with E-state index in [1.54, 1.807) is 10.9 Å². The van der Waals surface area contributed by atoms with Gasteiger partial charge in [0.25, 0.3) is 0 Å². The average molecular weight is 338 g/mol. The van der Waals surface area contributed by atoms with Crippen LogP contribution in [0.4, 0.5) is 11.8 Å². The number of nitrogens with one attached hydrogen (secondary N) is 1. The third kappa shape index (κ3) is 2.65. The molecule has 11 heteroatoms. The van der Waals surface area contributed by atoms with Crippen LogP contribution in [0.25, 0.3) is 11.2 Å². The first-order valence-corrected chi connectivity index (χ1v) is 7.57. The Morgan fingerprint density at radius 3 is 2.96 bits per heavy atom. The maximum atomic E-state index is 9.11. The Bertz CT molecular complexity index is 748. The van der Waals surface area contributed by atoms with Gasteiger partial charge in [0.05, 0.1) is 25.1 Å². The van der Waals surface area contributed by atoms with Gasteiger partial charge in [0.2, 0.25) is 5.95 Å². The van der Waals surface area contributed by atoms with Crippen LogP contribution in [0.3, 0.4) is 0 Å². The second kappa shape index (κ2) is 5.79. The summed E-state index contributed by atoms with van der Waals surface area (Å²) >= 11 is 0. The maximum Gasteiger partial charge on any atom is 0.224 e. The molecule has 2 fully saturated rings. The monoisotopic (exact) mass is 338 g/mol. The summed E-state index contributed by atoms with van der Waals surface area (Å²) in [5.74, 6) is 0.563. The number of ether oxygens (including phenoxy) is 2. The van der Waals surface area contributed by atoms with Gasteiger partial charge in [0, 0.05) is 0 Å². The largest absolute Gasteiger partial charge is 0.391 e. The number of aliphatic hydroxyl groups is 1. The standard InChI is InChI=1S/C13H18N6O5/c14-12-16-10(18-13(1-2-13)5-23-21)9-11(17-12)19(6-15-9)7-4-22-8(3-20)24-7/h6-8,20-21H,1-5H2,(H3,14,16,17,18)/t7?,8-/m1/s1. The summed E-state index contributed by atoms with van der Waals surface area (Å²) < 4.78 is 12.6. The van der Waals surface area contributed by atoms with Crippen molar-refractivity contribution in [2.45, 2.75) is 30.9 Å². The molecule has 24 heavy (non-hydrogen) atoms. The minimum Gasteiger partial charge on any atom is -0.391 e. The van der Waals surface area contributed by atoms with Gasteiger partial charge in [-0.15, -0.1) is 0 Å². The van der Waals surface area contributed by atoms with Gasteiger partial charge in [-0.25, -0.2) is 9.87 Å². The fourth-order valence-electron chi connectivity index (χ4n) is 2.75. The highest BCUT2D eigenvalue weighted by Crippen LogP contribution is 2.40. The molecule has 1 aliphatic carbocycles. The number of rotatable bonds is 6. The van der Waals surface area contributed by atoms with Crippen molar-refractivity contribution in [1.82, 2.24) is 19.5 Å². The van der Waals surface area contributed by atoms with Crippen molar-refractivity contribution in [3.8, 4) is 0 Å². The minimum atomic E-state index is -0.666. The summed E-state index contributed by atoms with van der Waals surface area (Å²) in [6.07, 6.45) is 2.14. The fraction of sp³-hybridized carbons (Fsp3) is 0.615. The zero-order valence-electron chi connectivity index (χ0n) is 12.8. The van der Waals surface area contributed by atoms with Crippen molar-refractivity contribution >= 4 is 22.9 Å². The molecule has 3 heterocycles. The molecule has 130 valence electrons. The summed E-state index contributed by atoms with van der Waals surface area (Å²) in [6.45, 7) is 0.194. The molecule has 0 radical (unpaired) electrons. The number of aromatic nitrogens is 4. The lowest BCUT2D eigenvalue weighted by Gasteiger charge is -2.17. The number of nitrogens with zero attached hydrogens (tertiary/aromatic N) is 4. The fourth-order valence-corrected chi connectivity index (χ4v) is 2.75. The molecule has 4 rings (SSSR count). The van der Waals surface area contributed by atoms with E-state index in [0.29, 0.717) is 17.0 Å². The zero-order chi connectivity index (χ0) is 16.7. The molecule has 0 bridgehead atoms. The van der Waals surface area contributed by atoms with E-state index >= 15 is 0 Å². The van der Waals surface area contributed by atoms with Gasteiger partial charge in [-0.2, -0.15) is 9.97 Å². The number of aliphatic hydroxyl groups excluding tert-OH is 1. The second-order valence-electron chi connectivity index (χ2n) is 5.97. The third-order valence-corrected chi connectivity index (χ3v) is 4.21. The van der Waals surface area contributed by atoms with Gasteiger partial charge < -0.3 is 25.6 Å². The quantitative estimate of drug-likeness (QED) is 0.408. The molecule has 11 nitrogen and oxygen atoms in total. The molecule has 2 aromatic rings. The van der Waals surface area contributed by atoms with Gasteiger partial charge >= 0.3 is 0 Å². The molecule has 2 aliphatic rings. The van der Waals surface area contributed by atoms with E-state index in [9.17, 15) is 0 Å². The average Bonchev–Trinajstić information content (AvgIpc) is 2.99. The van der Waals surface area contributed by atoms with E-state index in [-0.39, 0.29) is 31.3 Å². The van der Waals surface area contributed by atoms with Crippen LogP contribution >= 0.6 is 0 Å². The van der Waals surface area contributed by atoms with Crippen LogP contribution in [-0.4, -0.2) is 61.5 Å². The summed E-state index contributed by atoms with van der Waals surface area (Å²) in [7, 11) is 0. The highest BCUT2D eigenvalue weighted by Gasteiger charge is 2.44. The highest BCUT2D eigenvalue weighted by molar-refractivity contribution is 5.84. The van der Waals surface area contributed by atoms with Crippen LogP contribution in [0.1, 0.15) is 19.1 Å². The van der Waals surface area contributed by atoms with Gasteiger partial charge in [-0.3, -0.25) is 9.82 Å². The van der Waals surface area contributed by atoms with E-state index < -0.39 is 12.5 Å². The molecular weight excluding hydrogens is 320 g/mol. The van der Waals surface area contributed by atoms with Gasteiger partial charge in [0.15, 0.2) is 29.5 Å². The Hall–Kier alpha value is -2.05. The molecule has 0 spiro atoms. The van der Waals surface area contributed by atoms with Crippen LogP contribution in [0.15, 0.2) is 6.33 Å². The summed E-state index contributed by atoms with van der Waals surface area (Å²) in [5.41, 5.74) is 6.49. The third-order valence-electron chi connectivity index (χ3n) is 4.21. The molecule has 5 N–H and O–H groups in total. The lowest BCUT2D eigenvalue weighted by atomic mass is 10.3. The molecule has 1 saturated carbocycles. The predicted octanol–water partition coefficient (Wildman–Crippen LogP) is -0.294. The molecular formula is C13H18N6O5. The van der Waals surface area contributed by atoms with Gasteiger partial charge in [-0.1, -0.05) is 0 Å². The number of anilines is 2. The Morgan fingerprint density at radius 1 is 1.46 bits per heavy atom. The van der Waals surface area contributed by atoms with Crippen molar-refractivity contribution in [2.24, 2.45) is 0 Å². The van der Waals surface area contributed by atoms with Gasteiger partial charge in [-0.05, 0) is 12.8 Å². The van der Waals surface area contributed by atoms with Crippen LogP contribution in [0.2, 0.25) is 0 Å². The van der Waals surface area contributed by atoms with E-state index in [2.05, 4.69) is 25.2 Å². The normalized spacial score (nSPS) is 25.2. The molecule has 1 unspecified atom stereocenters. The van der Waals surface area contributed by atoms with Crippen molar-refractivity contribution in [2.75, 3.05) is 30.9 Å².